The van der Waals surface area contributed by atoms with Gasteiger partial charge >= 0.3 is 5.97 Å². The van der Waals surface area contributed by atoms with Gasteiger partial charge in [-0.15, -0.1) is 0 Å². The zero-order chi connectivity index (χ0) is 19.2. The standard InChI is InChI=1S/C21H20N2O4/c1-3-26-21(25)18-11-10-16(22-14(2)24)12-20(18)27-13-17-9-8-15-6-4-5-7-19(15)23-17/h4-12H,3,13H2,1-2H3,(H,22,24). The Morgan fingerprint density at radius 2 is 1.89 bits per heavy atom. The summed E-state index contributed by atoms with van der Waals surface area (Å²) in [5.74, 6) is -0.357. The Balaban J connectivity index is 1.85. The topological polar surface area (TPSA) is 77.5 Å². The number of para-hydroxylation sites is 1. The number of nitrogens with one attached hydrogen (secondary N) is 1. The van der Waals surface area contributed by atoms with E-state index < -0.39 is 5.97 Å². The van der Waals surface area contributed by atoms with Gasteiger partial charge in [-0.2, -0.15) is 0 Å². The second-order valence-corrected chi connectivity index (χ2v) is 5.90. The number of ether oxygens (including phenoxy) is 2. The number of esters is 1. The molecule has 0 aliphatic heterocycles. The molecule has 1 heterocycles. The Morgan fingerprint density at radius 3 is 2.67 bits per heavy atom. The molecule has 138 valence electrons. The first-order chi connectivity index (χ1) is 13.1. The first kappa shape index (κ1) is 18.4. The van der Waals surface area contributed by atoms with Crippen molar-refractivity contribution in [2.45, 2.75) is 20.5 Å². The zero-order valence-corrected chi connectivity index (χ0v) is 15.2. The summed E-state index contributed by atoms with van der Waals surface area (Å²) in [5, 5.41) is 3.72. The van der Waals surface area contributed by atoms with E-state index in [9.17, 15) is 9.59 Å². The lowest BCUT2D eigenvalue weighted by molar-refractivity contribution is -0.114. The SMILES string of the molecule is CCOC(=O)c1ccc(NC(C)=O)cc1OCc1ccc2ccccc2n1. The van der Waals surface area contributed by atoms with E-state index in [1.54, 1.807) is 25.1 Å². The summed E-state index contributed by atoms with van der Waals surface area (Å²) in [4.78, 5) is 28.0. The third-order valence-corrected chi connectivity index (χ3v) is 3.83. The lowest BCUT2D eigenvalue weighted by atomic mass is 10.1. The molecule has 0 aliphatic rings. The van der Waals surface area contributed by atoms with Crippen molar-refractivity contribution in [1.29, 1.82) is 0 Å². The molecule has 3 rings (SSSR count). The molecule has 1 N–H and O–H groups in total. The molecule has 3 aromatic rings. The molecule has 0 bridgehead atoms. The summed E-state index contributed by atoms with van der Waals surface area (Å²) in [6.07, 6.45) is 0. The number of anilines is 1. The van der Waals surface area contributed by atoms with Crippen molar-refractivity contribution in [2.75, 3.05) is 11.9 Å². The maximum atomic E-state index is 12.2. The number of carbonyl (C=O) groups is 2. The summed E-state index contributed by atoms with van der Waals surface area (Å²) in [7, 11) is 0. The van der Waals surface area contributed by atoms with Crippen molar-refractivity contribution in [3.63, 3.8) is 0 Å². The van der Waals surface area contributed by atoms with Crippen LogP contribution < -0.4 is 10.1 Å². The predicted octanol–water partition coefficient (Wildman–Crippen LogP) is 3.95. The second kappa shape index (κ2) is 8.31. The Hall–Kier alpha value is -3.41. The van der Waals surface area contributed by atoms with Crippen LogP contribution in [0.3, 0.4) is 0 Å². The summed E-state index contributed by atoms with van der Waals surface area (Å²) >= 11 is 0. The minimum atomic E-state index is -0.478. The van der Waals surface area contributed by atoms with Gasteiger partial charge in [-0.05, 0) is 31.2 Å². The lowest BCUT2D eigenvalue weighted by Gasteiger charge is -2.13. The Labute approximate surface area is 157 Å². The van der Waals surface area contributed by atoms with Crippen LogP contribution in [0.15, 0.2) is 54.6 Å². The number of fused-ring (bicyclic) bond motifs is 1. The maximum absolute atomic E-state index is 12.2. The molecule has 0 saturated carbocycles. The molecule has 0 spiro atoms. The van der Waals surface area contributed by atoms with E-state index in [1.807, 2.05) is 36.4 Å². The minimum absolute atomic E-state index is 0.181. The average Bonchev–Trinajstić information content (AvgIpc) is 2.66. The third kappa shape index (κ3) is 4.61. The number of nitrogens with zero attached hydrogens (tertiary/aromatic N) is 1. The second-order valence-electron chi connectivity index (χ2n) is 5.90. The summed E-state index contributed by atoms with van der Waals surface area (Å²) in [5.41, 5.74) is 2.44. The van der Waals surface area contributed by atoms with Crippen LogP contribution in [0.25, 0.3) is 10.9 Å². The number of amides is 1. The first-order valence-electron chi connectivity index (χ1n) is 8.63. The van der Waals surface area contributed by atoms with Crippen LogP contribution >= 0.6 is 0 Å². The average molecular weight is 364 g/mol. The van der Waals surface area contributed by atoms with Crippen molar-refractivity contribution < 1.29 is 19.1 Å². The highest BCUT2D eigenvalue weighted by Gasteiger charge is 2.15. The van der Waals surface area contributed by atoms with Crippen molar-refractivity contribution in [2.24, 2.45) is 0 Å². The molecule has 0 fully saturated rings. The number of pyridine rings is 1. The quantitative estimate of drug-likeness (QED) is 0.670. The molecule has 1 amide bonds. The van der Waals surface area contributed by atoms with Crippen LogP contribution in [0.2, 0.25) is 0 Å². The van der Waals surface area contributed by atoms with E-state index in [0.29, 0.717) is 17.0 Å². The molecule has 0 unspecified atom stereocenters. The van der Waals surface area contributed by atoms with Crippen LogP contribution in [0.5, 0.6) is 5.75 Å². The minimum Gasteiger partial charge on any atom is -0.486 e. The molecule has 0 atom stereocenters. The summed E-state index contributed by atoms with van der Waals surface area (Å²) in [6, 6.07) is 16.5. The molecule has 1 aromatic heterocycles. The smallest absolute Gasteiger partial charge is 0.341 e. The first-order valence-corrected chi connectivity index (χ1v) is 8.63. The van der Waals surface area contributed by atoms with Gasteiger partial charge in [0.2, 0.25) is 5.91 Å². The van der Waals surface area contributed by atoms with Crippen LogP contribution in [0, 0.1) is 0 Å². The maximum Gasteiger partial charge on any atom is 0.341 e. The molecule has 0 radical (unpaired) electrons. The van der Waals surface area contributed by atoms with E-state index in [2.05, 4.69) is 10.3 Å². The fourth-order valence-electron chi connectivity index (χ4n) is 2.64. The monoisotopic (exact) mass is 364 g/mol. The Kier molecular flexibility index (Phi) is 5.66. The number of rotatable bonds is 6. The largest absolute Gasteiger partial charge is 0.486 e. The Morgan fingerprint density at radius 1 is 1.07 bits per heavy atom. The van der Waals surface area contributed by atoms with Crippen LogP contribution in [-0.2, 0) is 16.1 Å². The van der Waals surface area contributed by atoms with E-state index in [4.69, 9.17) is 9.47 Å². The zero-order valence-electron chi connectivity index (χ0n) is 15.2. The number of carbonyl (C=O) groups excluding carboxylic acids is 2. The van der Waals surface area contributed by atoms with E-state index >= 15 is 0 Å². The summed E-state index contributed by atoms with van der Waals surface area (Å²) < 4.78 is 10.9. The van der Waals surface area contributed by atoms with E-state index in [-0.39, 0.29) is 19.1 Å². The van der Waals surface area contributed by atoms with E-state index in [0.717, 1.165) is 16.6 Å². The molecule has 27 heavy (non-hydrogen) atoms. The van der Waals surface area contributed by atoms with Crippen molar-refractivity contribution >= 4 is 28.5 Å². The number of benzene rings is 2. The molecule has 6 heteroatoms. The highest BCUT2D eigenvalue weighted by molar-refractivity contribution is 5.95. The van der Waals surface area contributed by atoms with E-state index in [1.165, 1.54) is 6.92 Å². The molecular formula is C21H20N2O4. The highest BCUT2D eigenvalue weighted by Crippen LogP contribution is 2.25. The molecule has 2 aromatic carbocycles. The van der Waals surface area contributed by atoms with Crippen molar-refractivity contribution in [3.8, 4) is 5.75 Å². The van der Waals surface area contributed by atoms with Gasteiger partial charge in [0, 0.05) is 24.1 Å². The van der Waals surface area contributed by atoms with Gasteiger partial charge < -0.3 is 14.8 Å². The lowest BCUT2D eigenvalue weighted by Crippen LogP contribution is -2.10. The highest BCUT2D eigenvalue weighted by atomic mass is 16.5. The number of hydrogen-bond acceptors (Lipinski definition) is 5. The van der Waals surface area contributed by atoms with Crippen molar-refractivity contribution in [1.82, 2.24) is 4.98 Å². The molecule has 6 nitrogen and oxygen atoms in total. The predicted molar refractivity (Wildman–Crippen MR) is 103 cm³/mol. The fourth-order valence-corrected chi connectivity index (χ4v) is 2.64. The van der Waals surface area contributed by atoms with Crippen molar-refractivity contribution in [3.05, 3.63) is 65.9 Å². The van der Waals surface area contributed by atoms with Gasteiger partial charge in [0.15, 0.2) is 0 Å². The number of hydrogen-bond donors (Lipinski definition) is 1. The molecule has 0 aliphatic carbocycles. The normalized spacial score (nSPS) is 10.4. The molecular weight excluding hydrogens is 344 g/mol. The summed E-state index contributed by atoms with van der Waals surface area (Å²) in [6.45, 7) is 3.60. The Bertz CT molecular complexity index is 985. The van der Waals surface area contributed by atoms with Gasteiger partial charge in [-0.1, -0.05) is 24.3 Å². The van der Waals surface area contributed by atoms with Gasteiger partial charge in [-0.3, -0.25) is 4.79 Å². The molecule has 0 saturated heterocycles. The van der Waals surface area contributed by atoms with Crippen LogP contribution in [-0.4, -0.2) is 23.5 Å². The number of aromatic nitrogens is 1. The van der Waals surface area contributed by atoms with Gasteiger partial charge in [0.05, 0.1) is 17.8 Å². The van der Waals surface area contributed by atoms with Gasteiger partial charge in [-0.25, -0.2) is 9.78 Å². The van der Waals surface area contributed by atoms with Gasteiger partial charge in [0.25, 0.3) is 0 Å². The van der Waals surface area contributed by atoms with Crippen LogP contribution in [0.4, 0.5) is 5.69 Å². The van der Waals surface area contributed by atoms with Crippen LogP contribution in [0.1, 0.15) is 29.9 Å². The third-order valence-electron chi connectivity index (χ3n) is 3.83. The fraction of sp³-hybridized carbons (Fsp3) is 0.190. The van der Waals surface area contributed by atoms with Gasteiger partial charge in [0.1, 0.15) is 17.9 Å².